The van der Waals surface area contributed by atoms with Gasteiger partial charge in [-0.3, -0.25) is 9.59 Å². The first-order valence-electron chi connectivity index (χ1n) is 14.5. The third-order valence-corrected chi connectivity index (χ3v) is 9.48. The van der Waals surface area contributed by atoms with Crippen LogP contribution in [0.15, 0.2) is 29.2 Å². The van der Waals surface area contributed by atoms with Gasteiger partial charge in [0.05, 0.1) is 18.6 Å². The Morgan fingerprint density at radius 2 is 1.44 bits per heavy atom. The summed E-state index contributed by atoms with van der Waals surface area (Å²) in [5, 5.41) is 19.5. The summed E-state index contributed by atoms with van der Waals surface area (Å²) in [5.74, 6) is -1.24. The number of nitrogens with zero attached hydrogens (tertiary/aromatic N) is 1. The van der Waals surface area contributed by atoms with Crippen LogP contribution in [0.3, 0.4) is 0 Å². The zero-order valence-electron chi connectivity index (χ0n) is 24.9. The number of hydrogen-bond acceptors (Lipinski definition) is 8. The van der Waals surface area contributed by atoms with Gasteiger partial charge in [-0.1, -0.05) is 0 Å². The minimum atomic E-state index is -4.29. The number of sulfonamides is 1. The lowest BCUT2D eigenvalue weighted by molar-refractivity contribution is -0.150. The molecular formula is C28H47Cl2N5O7S. The minimum Gasteiger partial charge on any atom is -0.497 e. The predicted octanol–water partition coefficient (Wildman–Crippen LogP) is 2.33. The fourth-order valence-electron chi connectivity index (χ4n) is 5.41. The summed E-state index contributed by atoms with van der Waals surface area (Å²) in [4.78, 5) is 40.1. The molecule has 2 amide bonds. The van der Waals surface area contributed by atoms with Gasteiger partial charge in [-0.25, -0.2) is 18.2 Å². The fourth-order valence-corrected chi connectivity index (χ4v) is 6.53. The number of halogens is 2. The average molecular weight is 669 g/mol. The molecule has 0 saturated carbocycles. The molecule has 2 aliphatic rings. The zero-order valence-corrected chi connectivity index (χ0v) is 27.3. The number of piperidine rings is 2. The van der Waals surface area contributed by atoms with E-state index in [4.69, 9.17) is 4.74 Å². The van der Waals surface area contributed by atoms with E-state index in [0.29, 0.717) is 22.6 Å². The number of carbonyl (C=O) groups is 3. The van der Waals surface area contributed by atoms with Crippen LogP contribution in [0.2, 0.25) is 0 Å². The van der Waals surface area contributed by atoms with Crippen molar-refractivity contribution in [1.29, 1.82) is 0 Å². The van der Waals surface area contributed by atoms with Crippen molar-refractivity contribution in [2.45, 2.75) is 69.2 Å². The summed E-state index contributed by atoms with van der Waals surface area (Å²) in [6, 6.07) is 3.94. The first-order chi connectivity index (χ1) is 19.6. The Balaban J connectivity index is 0.00000462. The van der Waals surface area contributed by atoms with E-state index in [1.807, 2.05) is 0 Å². The number of carboxylic acids is 1. The van der Waals surface area contributed by atoms with Crippen molar-refractivity contribution in [3.05, 3.63) is 24.3 Å². The molecule has 0 radical (unpaired) electrons. The summed E-state index contributed by atoms with van der Waals surface area (Å²) in [7, 11) is -2.85. The highest BCUT2D eigenvalue weighted by atomic mass is 35.5. The van der Waals surface area contributed by atoms with Gasteiger partial charge in [0.15, 0.2) is 0 Å². The van der Waals surface area contributed by atoms with Crippen LogP contribution in [0.1, 0.15) is 58.3 Å². The second-order valence-corrected chi connectivity index (χ2v) is 12.7. The van der Waals surface area contributed by atoms with E-state index in [0.717, 1.165) is 77.5 Å². The van der Waals surface area contributed by atoms with Crippen LogP contribution in [0, 0.1) is 17.8 Å². The maximum absolute atomic E-state index is 13.3. The van der Waals surface area contributed by atoms with Crippen molar-refractivity contribution in [2.24, 2.45) is 17.8 Å². The summed E-state index contributed by atoms with van der Waals surface area (Å²) in [6.07, 6.45) is 7.63. The van der Waals surface area contributed by atoms with Crippen molar-refractivity contribution < 1.29 is 32.6 Å². The highest BCUT2D eigenvalue weighted by Crippen LogP contribution is 2.27. The van der Waals surface area contributed by atoms with Gasteiger partial charge in [0.2, 0.25) is 5.91 Å². The molecule has 12 nitrogen and oxygen atoms in total. The van der Waals surface area contributed by atoms with Crippen molar-refractivity contribution in [3.63, 3.8) is 0 Å². The van der Waals surface area contributed by atoms with Crippen LogP contribution in [0.25, 0.3) is 0 Å². The van der Waals surface area contributed by atoms with Gasteiger partial charge in [-0.2, -0.15) is 0 Å². The maximum atomic E-state index is 13.3. The van der Waals surface area contributed by atoms with Gasteiger partial charge in [-0.05, 0) is 121 Å². The quantitative estimate of drug-likeness (QED) is 0.176. The molecule has 43 heavy (non-hydrogen) atoms. The SMILES string of the molecule is COc1ccc(S(=O)(=O)NN(C(=O)CNC(=O)C(CCC2CCNCC2)CCC2CCNCC2)C(C)C(=O)O)cc1.Cl.Cl. The first-order valence-corrected chi connectivity index (χ1v) is 16.0. The summed E-state index contributed by atoms with van der Waals surface area (Å²) >= 11 is 0. The van der Waals surface area contributed by atoms with E-state index >= 15 is 0 Å². The number of carbonyl (C=O) groups excluding carboxylic acids is 2. The lowest BCUT2D eigenvalue weighted by atomic mass is 9.84. The van der Waals surface area contributed by atoms with E-state index in [-0.39, 0.29) is 41.5 Å². The second kappa shape index (κ2) is 19.3. The zero-order chi connectivity index (χ0) is 29.8. The second-order valence-electron chi connectivity index (χ2n) is 11.0. The lowest BCUT2D eigenvalue weighted by Gasteiger charge is -2.28. The smallest absolute Gasteiger partial charge is 0.327 e. The molecule has 246 valence electrons. The molecule has 0 spiro atoms. The molecular weight excluding hydrogens is 621 g/mol. The van der Waals surface area contributed by atoms with E-state index in [1.165, 1.54) is 38.3 Å². The van der Waals surface area contributed by atoms with Crippen LogP contribution in [-0.4, -0.2) is 82.2 Å². The fraction of sp³-hybridized carbons (Fsp3) is 0.679. The molecule has 1 unspecified atom stereocenters. The monoisotopic (exact) mass is 667 g/mol. The van der Waals surface area contributed by atoms with Gasteiger partial charge in [0, 0.05) is 5.92 Å². The number of rotatable bonds is 15. The van der Waals surface area contributed by atoms with Crippen molar-refractivity contribution in [1.82, 2.24) is 25.8 Å². The third-order valence-electron chi connectivity index (χ3n) is 8.15. The Morgan fingerprint density at radius 3 is 1.88 bits per heavy atom. The lowest BCUT2D eigenvalue weighted by Crippen LogP contribution is -2.56. The van der Waals surface area contributed by atoms with Gasteiger partial charge in [-0.15, -0.1) is 29.6 Å². The number of carboxylic acid groups (broad SMARTS) is 1. The third kappa shape index (κ3) is 12.4. The minimum absolute atomic E-state index is 0. The van der Waals surface area contributed by atoms with E-state index in [9.17, 15) is 27.9 Å². The Morgan fingerprint density at radius 1 is 0.953 bits per heavy atom. The number of nitrogens with one attached hydrogen (secondary N) is 4. The van der Waals surface area contributed by atoms with E-state index in [2.05, 4.69) is 20.8 Å². The summed E-state index contributed by atoms with van der Waals surface area (Å²) in [6.45, 7) is 4.59. The molecule has 1 aromatic rings. The van der Waals surface area contributed by atoms with Crippen molar-refractivity contribution in [2.75, 3.05) is 39.8 Å². The highest BCUT2D eigenvalue weighted by Gasteiger charge is 2.31. The molecule has 5 N–H and O–H groups in total. The predicted molar refractivity (Wildman–Crippen MR) is 168 cm³/mol. The number of ether oxygens (including phenoxy) is 1. The Kier molecular flexibility index (Phi) is 17.4. The van der Waals surface area contributed by atoms with Crippen molar-refractivity contribution >= 4 is 52.6 Å². The van der Waals surface area contributed by atoms with Crippen LogP contribution in [0.4, 0.5) is 0 Å². The largest absolute Gasteiger partial charge is 0.497 e. The molecule has 2 heterocycles. The molecule has 15 heteroatoms. The standard InChI is InChI=1S/C28H45N5O7S.2ClH/c1-20(28(36)37)33(32-41(38,39)25-9-7-24(40-2)8-10-25)26(34)19-31-27(35)23(5-3-21-11-15-29-16-12-21)6-4-22-13-17-30-18-14-22;;/h7-10,20-23,29-30,32H,3-6,11-19H2,1-2H3,(H,31,35)(H,36,37);2*1H. The van der Waals surface area contributed by atoms with Crippen LogP contribution >= 0.6 is 24.8 Å². The topological polar surface area (TPSA) is 166 Å². The molecule has 0 bridgehead atoms. The maximum Gasteiger partial charge on any atom is 0.327 e. The molecule has 1 atom stereocenters. The molecule has 3 rings (SSSR count). The number of hydrogen-bond donors (Lipinski definition) is 5. The Labute approximate surface area is 267 Å². The normalized spacial score (nSPS) is 16.8. The van der Waals surface area contributed by atoms with Gasteiger partial charge < -0.3 is 25.8 Å². The van der Waals surface area contributed by atoms with E-state index < -0.39 is 34.5 Å². The number of methoxy groups -OCH3 is 1. The van der Waals surface area contributed by atoms with Crippen LogP contribution < -0.4 is 25.5 Å². The molecule has 0 aromatic heterocycles. The number of amides is 2. The Bertz CT molecular complexity index is 1090. The molecule has 1 aromatic carbocycles. The Hall–Kier alpha value is -2.16. The number of aliphatic carboxylic acids is 1. The molecule has 2 saturated heterocycles. The summed E-state index contributed by atoms with van der Waals surface area (Å²) in [5.41, 5.74) is 0. The van der Waals surface area contributed by atoms with Gasteiger partial charge in [0.1, 0.15) is 11.8 Å². The molecule has 2 aliphatic heterocycles. The summed E-state index contributed by atoms with van der Waals surface area (Å²) < 4.78 is 31.0. The highest BCUT2D eigenvalue weighted by molar-refractivity contribution is 7.89. The van der Waals surface area contributed by atoms with Gasteiger partial charge >= 0.3 is 5.97 Å². The molecule has 2 fully saturated rings. The average Bonchev–Trinajstić information content (AvgIpc) is 2.99. The molecule has 0 aliphatic carbocycles. The van der Waals surface area contributed by atoms with Crippen molar-refractivity contribution in [3.8, 4) is 5.75 Å². The van der Waals surface area contributed by atoms with Crippen LogP contribution in [0.5, 0.6) is 5.75 Å². The first kappa shape index (κ1) is 38.9. The number of benzene rings is 1. The number of hydrazine groups is 1. The van der Waals surface area contributed by atoms with E-state index in [1.54, 1.807) is 0 Å². The van der Waals surface area contributed by atoms with Crippen LogP contribution in [-0.2, 0) is 24.4 Å². The van der Waals surface area contributed by atoms with Gasteiger partial charge in [0.25, 0.3) is 15.9 Å².